The summed E-state index contributed by atoms with van der Waals surface area (Å²) in [7, 11) is 1.80. The predicted molar refractivity (Wildman–Crippen MR) is 70.1 cm³/mol. The summed E-state index contributed by atoms with van der Waals surface area (Å²) in [4.78, 5) is 19.6. The number of para-hydroxylation sites is 1. The molecule has 1 heterocycles. The van der Waals surface area contributed by atoms with Crippen LogP contribution < -0.4 is 11.3 Å². The summed E-state index contributed by atoms with van der Waals surface area (Å²) in [6.45, 7) is 1.69. The first-order chi connectivity index (χ1) is 8.70. The zero-order valence-electron chi connectivity index (χ0n) is 10.3. The average molecular weight is 247 g/mol. The molecule has 0 saturated carbocycles. The molecule has 2 rings (SSSR count). The van der Waals surface area contributed by atoms with Crippen LogP contribution in [0, 0.1) is 0 Å². The largest absolute Gasteiger partial charge is 0.342 e. The fourth-order valence-electron chi connectivity index (χ4n) is 1.76. The zero-order valence-corrected chi connectivity index (χ0v) is 10.3. The van der Waals surface area contributed by atoms with Gasteiger partial charge >= 0.3 is 0 Å². The van der Waals surface area contributed by atoms with Crippen LogP contribution in [0.3, 0.4) is 0 Å². The summed E-state index contributed by atoms with van der Waals surface area (Å²) in [6.07, 6.45) is 0. The third-order valence-electron chi connectivity index (χ3n) is 2.88. The number of aliphatic imine (C=N–C) groups is 1. The van der Waals surface area contributed by atoms with Crippen molar-refractivity contribution in [2.24, 2.45) is 10.8 Å². The molecule has 1 aromatic carbocycles. The minimum atomic E-state index is 0.0669. The molecule has 0 aliphatic carbocycles. The molecule has 1 fully saturated rings. The topological polar surface area (TPSA) is 74.0 Å². The van der Waals surface area contributed by atoms with Crippen molar-refractivity contribution in [3.63, 3.8) is 0 Å². The van der Waals surface area contributed by atoms with E-state index in [1.165, 1.54) is 0 Å². The van der Waals surface area contributed by atoms with E-state index in [4.69, 9.17) is 5.84 Å². The van der Waals surface area contributed by atoms with E-state index in [0.29, 0.717) is 19.0 Å². The summed E-state index contributed by atoms with van der Waals surface area (Å²) in [5.74, 6) is 6.07. The Balaban J connectivity index is 2.14. The Bertz CT molecular complexity index is 445. The predicted octanol–water partition coefficient (Wildman–Crippen LogP) is -0.0886. The van der Waals surface area contributed by atoms with Gasteiger partial charge in [0.2, 0.25) is 11.9 Å². The Hall–Kier alpha value is -2.08. The van der Waals surface area contributed by atoms with Crippen LogP contribution in [-0.4, -0.2) is 48.3 Å². The molecule has 0 bridgehead atoms. The molecule has 0 unspecified atom stereocenters. The summed E-state index contributed by atoms with van der Waals surface area (Å²) in [5, 5.41) is 0. The van der Waals surface area contributed by atoms with Crippen molar-refractivity contribution in [3.8, 4) is 0 Å². The molecule has 1 aliphatic rings. The van der Waals surface area contributed by atoms with Crippen molar-refractivity contribution in [1.82, 2.24) is 15.2 Å². The second-order valence-corrected chi connectivity index (χ2v) is 4.15. The van der Waals surface area contributed by atoms with E-state index in [1.807, 2.05) is 35.2 Å². The number of nitrogens with zero attached hydrogens (tertiary/aromatic N) is 3. The molecule has 1 aromatic rings. The maximum atomic E-state index is 11.6. The molecule has 96 valence electrons. The number of rotatable bonds is 1. The number of nitrogens with two attached hydrogens (primary N) is 1. The number of piperazine rings is 1. The van der Waals surface area contributed by atoms with Gasteiger partial charge in [0.25, 0.3) is 0 Å². The lowest BCUT2D eigenvalue weighted by molar-refractivity contribution is -0.132. The summed E-state index contributed by atoms with van der Waals surface area (Å²) in [6, 6.07) is 9.50. The first-order valence-corrected chi connectivity index (χ1v) is 5.80. The number of guanidine groups is 1. The summed E-state index contributed by atoms with van der Waals surface area (Å²) >= 11 is 0. The quantitative estimate of drug-likeness (QED) is 0.315. The molecule has 3 N–H and O–H groups in total. The van der Waals surface area contributed by atoms with E-state index in [1.54, 1.807) is 11.9 Å². The molecule has 18 heavy (non-hydrogen) atoms. The minimum Gasteiger partial charge on any atom is -0.342 e. The van der Waals surface area contributed by atoms with E-state index in [9.17, 15) is 4.79 Å². The molecule has 0 atom stereocenters. The van der Waals surface area contributed by atoms with Gasteiger partial charge in [-0.2, -0.15) is 0 Å². The highest BCUT2D eigenvalue weighted by molar-refractivity contribution is 5.88. The SMILES string of the molecule is CN1CCN(C(=Nc2ccccc2)NN)CC1=O. The third kappa shape index (κ3) is 2.78. The van der Waals surface area contributed by atoms with Crippen LogP contribution in [0.1, 0.15) is 0 Å². The highest BCUT2D eigenvalue weighted by Gasteiger charge is 2.23. The first-order valence-electron chi connectivity index (χ1n) is 5.80. The van der Waals surface area contributed by atoms with E-state index in [0.717, 1.165) is 12.2 Å². The van der Waals surface area contributed by atoms with Gasteiger partial charge in [-0.05, 0) is 12.1 Å². The van der Waals surface area contributed by atoms with Crippen LogP contribution in [0.4, 0.5) is 5.69 Å². The molecule has 1 saturated heterocycles. The number of likely N-dealkylation sites (N-methyl/N-ethyl adjacent to an activating group) is 1. The molecule has 0 spiro atoms. The minimum absolute atomic E-state index is 0.0669. The van der Waals surface area contributed by atoms with Crippen LogP contribution in [-0.2, 0) is 4.79 Å². The molecule has 0 aromatic heterocycles. The van der Waals surface area contributed by atoms with Gasteiger partial charge in [-0.1, -0.05) is 18.2 Å². The van der Waals surface area contributed by atoms with E-state index in [2.05, 4.69) is 10.4 Å². The maximum absolute atomic E-state index is 11.6. The van der Waals surface area contributed by atoms with Gasteiger partial charge in [-0.25, -0.2) is 10.8 Å². The fourth-order valence-corrected chi connectivity index (χ4v) is 1.76. The Kier molecular flexibility index (Phi) is 3.78. The second-order valence-electron chi connectivity index (χ2n) is 4.15. The number of carbonyl (C=O) groups excluding carboxylic acids is 1. The standard InChI is InChI=1S/C12H17N5O/c1-16-7-8-17(9-11(16)18)12(15-13)14-10-5-3-2-4-6-10/h2-6H,7-9,13H2,1H3,(H,14,15). The van der Waals surface area contributed by atoms with Gasteiger partial charge in [-0.3, -0.25) is 10.2 Å². The number of nitrogens with one attached hydrogen (secondary N) is 1. The fraction of sp³-hybridized carbons (Fsp3) is 0.333. The van der Waals surface area contributed by atoms with Gasteiger partial charge in [0.05, 0.1) is 12.2 Å². The van der Waals surface area contributed by atoms with Crippen LogP contribution >= 0.6 is 0 Å². The van der Waals surface area contributed by atoms with E-state index < -0.39 is 0 Å². The highest BCUT2D eigenvalue weighted by atomic mass is 16.2. The van der Waals surface area contributed by atoms with E-state index in [-0.39, 0.29) is 5.91 Å². The third-order valence-corrected chi connectivity index (χ3v) is 2.88. The van der Waals surface area contributed by atoms with Gasteiger partial charge in [0.1, 0.15) is 0 Å². The Labute approximate surface area is 106 Å². The number of hydrogen-bond acceptors (Lipinski definition) is 3. The van der Waals surface area contributed by atoms with Crippen molar-refractivity contribution in [2.45, 2.75) is 0 Å². The van der Waals surface area contributed by atoms with Gasteiger partial charge in [0.15, 0.2) is 0 Å². The molecule has 6 nitrogen and oxygen atoms in total. The normalized spacial score (nSPS) is 17.0. The Morgan fingerprint density at radius 3 is 2.67 bits per heavy atom. The Morgan fingerprint density at radius 2 is 2.06 bits per heavy atom. The first kappa shape index (κ1) is 12.4. The highest BCUT2D eigenvalue weighted by Crippen LogP contribution is 2.11. The molecular weight excluding hydrogens is 230 g/mol. The van der Waals surface area contributed by atoms with Crippen LogP contribution in [0.5, 0.6) is 0 Å². The molecule has 6 heteroatoms. The van der Waals surface area contributed by atoms with Crippen molar-refractivity contribution in [2.75, 3.05) is 26.7 Å². The smallest absolute Gasteiger partial charge is 0.242 e. The van der Waals surface area contributed by atoms with Gasteiger partial charge in [-0.15, -0.1) is 0 Å². The van der Waals surface area contributed by atoms with Crippen LogP contribution in [0.15, 0.2) is 35.3 Å². The van der Waals surface area contributed by atoms with Crippen molar-refractivity contribution in [3.05, 3.63) is 30.3 Å². The summed E-state index contributed by atoms with van der Waals surface area (Å²) in [5.41, 5.74) is 3.36. The Morgan fingerprint density at radius 1 is 1.33 bits per heavy atom. The van der Waals surface area contributed by atoms with Crippen LogP contribution in [0.25, 0.3) is 0 Å². The summed E-state index contributed by atoms with van der Waals surface area (Å²) < 4.78 is 0. The molecule has 0 radical (unpaired) electrons. The number of carbonyl (C=O) groups is 1. The lowest BCUT2D eigenvalue weighted by atomic mass is 10.3. The molecular formula is C12H17N5O. The number of hydrazine groups is 1. The monoisotopic (exact) mass is 247 g/mol. The second kappa shape index (κ2) is 5.50. The lowest BCUT2D eigenvalue weighted by Crippen LogP contribution is -2.55. The van der Waals surface area contributed by atoms with Gasteiger partial charge in [0, 0.05) is 20.1 Å². The van der Waals surface area contributed by atoms with Gasteiger partial charge < -0.3 is 9.80 Å². The molecule has 1 amide bonds. The number of benzene rings is 1. The van der Waals surface area contributed by atoms with E-state index >= 15 is 0 Å². The lowest BCUT2D eigenvalue weighted by Gasteiger charge is -2.33. The maximum Gasteiger partial charge on any atom is 0.242 e. The molecule has 1 aliphatic heterocycles. The average Bonchev–Trinajstić information content (AvgIpc) is 2.40. The van der Waals surface area contributed by atoms with Crippen LogP contribution in [0.2, 0.25) is 0 Å². The van der Waals surface area contributed by atoms with Crippen molar-refractivity contribution >= 4 is 17.6 Å². The number of hydrogen-bond donors (Lipinski definition) is 2. The zero-order chi connectivity index (χ0) is 13.0. The van der Waals surface area contributed by atoms with Crippen molar-refractivity contribution < 1.29 is 4.79 Å². The number of amides is 1. The van der Waals surface area contributed by atoms with Crippen molar-refractivity contribution in [1.29, 1.82) is 0 Å².